The minimum Gasteiger partial charge on any atom is -0.368 e. The zero-order chi connectivity index (χ0) is 17.8. The molecule has 1 atom stereocenters. The van der Waals surface area contributed by atoms with Gasteiger partial charge >= 0.3 is 0 Å². The van der Waals surface area contributed by atoms with Crippen LogP contribution >= 0.6 is 0 Å². The largest absolute Gasteiger partial charge is 0.368 e. The lowest BCUT2D eigenvalue weighted by Crippen LogP contribution is -2.51. The first-order valence-corrected chi connectivity index (χ1v) is 8.14. The maximum Gasteiger partial charge on any atom is 0.235 e. The summed E-state index contributed by atoms with van der Waals surface area (Å²) in [7, 11) is 0. The number of amides is 2. The van der Waals surface area contributed by atoms with E-state index in [1.807, 2.05) is 24.3 Å². The van der Waals surface area contributed by atoms with Crippen LogP contribution in [0.3, 0.4) is 0 Å². The fourth-order valence-electron chi connectivity index (χ4n) is 3.07. The summed E-state index contributed by atoms with van der Waals surface area (Å²) >= 11 is 0. The van der Waals surface area contributed by atoms with Gasteiger partial charge in [0.2, 0.25) is 11.8 Å². The highest BCUT2D eigenvalue weighted by atomic mass is 19.1. The number of carbonyl (C=O) groups excluding carboxylic acids is 2. The molecule has 3 N–H and O–H groups in total. The van der Waals surface area contributed by atoms with Crippen LogP contribution in [0.2, 0.25) is 0 Å². The van der Waals surface area contributed by atoms with Crippen molar-refractivity contribution in [2.75, 3.05) is 6.54 Å². The van der Waals surface area contributed by atoms with Gasteiger partial charge in [-0.15, -0.1) is 0 Å². The number of benzene rings is 2. The number of fused-ring (bicyclic) bond motifs is 1. The van der Waals surface area contributed by atoms with E-state index in [1.165, 1.54) is 12.1 Å². The average Bonchev–Trinajstić information content (AvgIpc) is 2.60. The molecule has 6 heteroatoms. The third-order valence-electron chi connectivity index (χ3n) is 4.42. The number of nitrogens with two attached hydrogens (primary N) is 1. The molecule has 0 saturated heterocycles. The Morgan fingerprint density at radius 2 is 1.80 bits per heavy atom. The Labute approximate surface area is 145 Å². The van der Waals surface area contributed by atoms with Crippen molar-refractivity contribution in [3.63, 3.8) is 0 Å². The summed E-state index contributed by atoms with van der Waals surface area (Å²) in [6, 6.07) is 13.3. The summed E-state index contributed by atoms with van der Waals surface area (Å²) in [4.78, 5) is 25.8. The SMILES string of the molecule is NC(=O)[C@@H]1Cc2ccccc2CN1CC(=O)NCc1ccc(F)cc1. The number of carbonyl (C=O) groups is 2. The number of hydrogen-bond donors (Lipinski definition) is 2. The fraction of sp³-hybridized carbons (Fsp3) is 0.263. The second-order valence-electron chi connectivity index (χ2n) is 6.20. The van der Waals surface area contributed by atoms with Crippen LogP contribution in [0.25, 0.3) is 0 Å². The molecule has 0 spiro atoms. The van der Waals surface area contributed by atoms with Gasteiger partial charge in [0.05, 0.1) is 12.6 Å². The smallest absolute Gasteiger partial charge is 0.235 e. The number of rotatable bonds is 5. The number of halogens is 1. The van der Waals surface area contributed by atoms with Gasteiger partial charge in [0, 0.05) is 13.1 Å². The highest BCUT2D eigenvalue weighted by molar-refractivity contribution is 5.83. The molecular weight excluding hydrogens is 321 g/mol. The number of hydrogen-bond acceptors (Lipinski definition) is 3. The summed E-state index contributed by atoms with van der Waals surface area (Å²) < 4.78 is 12.9. The van der Waals surface area contributed by atoms with Gasteiger partial charge in [-0.3, -0.25) is 14.5 Å². The molecule has 1 aliphatic heterocycles. The molecule has 2 aromatic rings. The van der Waals surface area contributed by atoms with Crippen molar-refractivity contribution >= 4 is 11.8 Å². The Balaban J connectivity index is 1.62. The van der Waals surface area contributed by atoms with Crippen molar-refractivity contribution in [2.24, 2.45) is 5.73 Å². The third kappa shape index (κ3) is 4.22. The zero-order valence-corrected chi connectivity index (χ0v) is 13.7. The molecule has 0 aliphatic carbocycles. The Morgan fingerprint density at radius 1 is 1.12 bits per heavy atom. The van der Waals surface area contributed by atoms with Crippen LogP contribution in [0.1, 0.15) is 16.7 Å². The van der Waals surface area contributed by atoms with Gasteiger partial charge in [-0.2, -0.15) is 0 Å². The van der Waals surface area contributed by atoms with Crippen molar-refractivity contribution in [1.29, 1.82) is 0 Å². The molecule has 3 rings (SSSR count). The third-order valence-corrected chi connectivity index (χ3v) is 4.42. The lowest BCUT2D eigenvalue weighted by molar-refractivity contribution is -0.127. The van der Waals surface area contributed by atoms with E-state index in [2.05, 4.69) is 5.32 Å². The van der Waals surface area contributed by atoms with Crippen LogP contribution in [-0.2, 0) is 29.1 Å². The van der Waals surface area contributed by atoms with Gasteiger partial charge in [-0.05, 0) is 35.2 Å². The van der Waals surface area contributed by atoms with E-state index in [0.29, 0.717) is 19.5 Å². The molecule has 0 fully saturated rings. The van der Waals surface area contributed by atoms with Gasteiger partial charge in [0.1, 0.15) is 5.82 Å². The molecule has 25 heavy (non-hydrogen) atoms. The van der Waals surface area contributed by atoms with Crippen LogP contribution in [-0.4, -0.2) is 29.3 Å². The Morgan fingerprint density at radius 3 is 2.48 bits per heavy atom. The van der Waals surface area contributed by atoms with Crippen LogP contribution < -0.4 is 11.1 Å². The lowest BCUT2D eigenvalue weighted by Gasteiger charge is -2.34. The van der Waals surface area contributed by atoms with E-state index in [0.717, 1.165) is 16.7 Å². The van der Waals surface area contributed by atoms with E-state index < -0.39 is 11.9 Å². The van der Waals surface area contributed by atoms with Crippen molar-refractivity contribution in [3.8, 4) is 0 Å². The fourth-order valence-corrected chi connectivity index (χ4v) is 3.07. The molecule has 1 aliphatic rings. The van der Waals surface area contributed by atoms with Gasteiger partial charge in [-0.25, -0.2) is 4.39 Å². The predicted molar refractivity (Wildman–Crippen MR) is 91.8 cm³/mol. The molecule has 2 aromatic carbocycles. The molecule has 1 heterocycles. The molecular formula is C19H20FN3O2. The molecule has 0 bridgehead atoms. The summed E-state index contributed by atoms with van der Waals surface area (Å²) in [6.07, 6.45) is 0.511. The van der Waals surface area contributed by atoms with E-state index in [4.69, 9.17) is 5.73 Å². The average molecular weight is 341 g/mol. The summed E-state index contributed by atoms with van der Waals surface area (Å²) in [6.45, 7) is 0.904. The summed E-state index contributed by atoms with van der Waals surface area (Å²) in [5, 5.41) is 2.79. The first-order valence-electron chi connectivity index (χ1n) is 8.14. The summed E-state index contributed by atoms with van der Waals surface area (Å²) in [5.41, 5.74) is 8.53. The minimum atomic E-state index is -0.494. The predicted octanol–water partition coefficient (Wildman–Crippen LogP) is 1.35. The molecule has 2 amide bonds. The standard InChI is InChI=1S/C19H20FN3O2/c20-16-7-5-13(6-8-16)10-22-18(24)12-23-11-15-4-2-1-3-14(15)9-17(23)19(21)25/h1-8,17H,9-12H2,(H2,21,25)(H,22,24)/t17-/m0/s1. The summed E-state index contributed by atoms with van der Waals surface area (Å²) in [5.74, 6) is -0.942. The van der Waals surface area contributed by atoms with Gasteiger partial charge in [0.15, 0.2) is 0 Å². The lowest BCUT2D eigenvalue weighted by atomic mass is 9.93. The van der Waals surface area contributed by atoms with Gasteiger partial charge in [-0.1, -0.05) is 36.4 Å². The van der Waals surface area contributed by atoms with E-state index >= 15 is 0 Å². The van der Waals surface area contributed by atoms with Crippen LogP contribution in [0.5, 0.6) is 0 Å². The number of primary amides is 1. The van der Waals surface area contributed by atoms with Gasteiger partial charge < -0.3 is 11.1 Å². The molecule has 0 saturated carbocycles. The minimum absolute atomic E-state index is 0.0864. The molecule has 0 unspecified atom stereocenters. The van der Waals surface area contributed by atoms with E-state index in [9.17, 15) is 14.0 Å². The topological polar surface area (TPSA) is 75.4 Å². The maximum absolute atomic E-state index is 12.9. The number of nitrogens with one attached hydrogen (secondary N) is 1. The van der Waals surface area contributed by atoms with E-state index in [-0.39, 0.29) is 18.3 Å². The second-order valence-corrected chi connectivity index (χ2v) is 6.20. The molecule has 130 valence electrons. The first-order chi connectivity index (χ1) is 12.0. The normalized spacial score (nSPS) is 16.9. The van der Waals surface area contributed by atoms with Crippen molar-refractivity contribution in [3.05, 3.63) is 71.0 Å². The van der Waals surface area contributed by atoms with Crippen LogP contribution in [0.4, 0.5) is 4.39 Å². The van der Waals surface area contributed by atoms with Crippen molar-refractivity contribution < 1.29 is 14.0 Å². The highest BCUT2D eigenvalue weighted by Gasteiger charge is 2.31. The van der Waals surface area contributed by atoms with Crippen LogP contribution in [0.15, 0.2) is 48.5 Å². The molecule has 0 aromatic heterocycles. The molecule has 0 radical (unpaired) electrons. The quantitative estimate of drug-likeness (QED) is 0.862. The maximum atomic E-state index is 12.9. The highest BCUT2D eigenvalue weighted by Crippen LogP contribution is 2.22. The second kappa shape index (κ2) is 7.44. The van der Waals surface area contributed by atoms with Crippen LogP contribution in [0, 0.1) is 5.82 Å². The Kier molecular flexibility index (Phi) is 5.09. The van der Waals surface area contributed by atoms with E-state index in [1.54, 1.807) is 17.0 Å². The van der Waals surface area contributed by atoms with Crippen molar-refractivity contribution in [2.45, 2.75) is 25.6 Å². The van der Waals surface area contributed by atoms with Gasteiger partial charge in [0.25, 0.3) is 0 Å². The number of nitrogens with zero attached hydrogens (tertiary/aromatic N) is 1. The Bertz CT molecular complexity index is 776. The molecule has 5 nitrogen and oxygen atoms in total. The zero-order valence-electron chi connectivity index (χ0n) is 13.7. The first kappa shape index (κ1) is 17.1. The monoisotopic (exact) mass is 341 g/mol. The van der Waals surface area contributed by atoms with Crippen molar-refractivity contribution in [1.82, 2.24) is 10.2 Å². The Hall–Kier alpha value is -2.73.